The number of nitrogens with one attached hydrogen (secondary N) is 2. The van der Waals surface area contributed by atoms with Crippen LogP contribution in [0.1, 0.15) is 23.8 Å². The maximum absolute atomic E-state index is 11.9. The molecule has 0 saturated carbocycles. The summed E-state index contributed by atoms with van der Waals surface area (Å²) in [6.07, 6.45) is 4.02. The number of halogens is 1. The number of carbonyl (C=O) groups excluding carboxylic acids is 1. The molecule has 0 aliphatic carbocycles. The number of amides is 1. The Morgan fingerprint density at radius 3 is 2.89 bits per heavy atom. The van der Waals surface area contributed by atoms with Crippen LogP contribution in [0.3, 0.4) is 0 Å². The summed E-state index contributed by atoms with van der Waals surface area (Å²) in [6.45, 7) is 2.61. The number of aromatic amines is 1. The zero-order chi connectivity index (χ0) is 13.8. The van der Waals surface area contributed by atoms with Crippen LogP contribution in [0.15, 0.2) is 35.4 Å². The van der Waals surface area contributed by atoms with Gasteiger partial charge in [-0.25, -0.2) is 0 Å². The van der Waals surface area contributed by atoms with Gasteiger partial charge in [0, 0.05) is 25.0 Å². The SMILES string of the molecule is CCCn1cc(NC(=O)c2cc(Cl)c[nH]2)ccc1=O. The minimum atomic E-state index is -0.298. The van der Waals surface area contributed by atoms with Crippen molar-refractivity contribution < 1.29 is 4.79 Å². The molecule has 0 aliphatic rings. The van der Waals surface area contributed by atoms with E-state index in [1.54, 1.807) is 22.9 Å². The van der Waals surface area contributed by atoms with Gasteiger partial charge in [-0.1, -0.05) is 18.5 Å². The highest BCUT2D eigenvalue weighted by Gasteiger charge is 2.08. The summed E-state index contributed by atoms with van der Waals surface area (Å²) in [7, 11) is 0. The van der Waals surface area contributed by atoms with Crippen molar-refractivity contribution in [3.63, 3.8) is 0 Å². The van der Waals surface area contributed by atoms with Crippen LogP contribution in [-0.2, 0) is 6.54 Å². The quantitative estimate of drug-likeness (QED) is 0.903. The maximum atomic E-state index is 11.9. The fraction of sp³-hybridized carbons (Fsp3) is 0.231. The summed E-state index contributed by atoms with van der Waals surface area (Å²) in [6, 6.07) is 4.56. The molecule has 2 rings (SSSR count). The normalized spacial score (nSPS) is 10.4. The molecule has 0 atom stereocenters. The fourth-order valence-electron chi connectivity index (χ4n) is 1.72. The van der Waals surface area contributed by atoms with E-state index in [4.69, 9.17) is 11.6 Å². The van der Waals surface area contributed by atoms with Crippen molar-refractivity contribution in [2.24, 2.45) is 0 Å². The average molecular weight is 280 g/mol. The summed E-state index contributed by atoms with van der Waals surface area (Å²) in [4.78, 5) is 26.2. The molecule has 100 valence electrons. The number of aryl methyl sites for hydroxylation is 1. The number of pyridine rings is 1. The van der Waals surface area contributed by atoms with Crippen LogP contribution in [0.25, 0.3) is 0 Å². The second kappa shape index (κ2) is 5.75. The first-order valence-corrected chi connectivity index (χ1v) is 6.33. The minimum Gasteiger partial charge on any atom is -0.356 e. The lowest BCUT2D eigenvalue weighted by atomic mass is 10.3. The summed E-state index contributed by atoms with van der Waals surface area (Å²) >= 11 is 5.74. The van der Waals surface area contributed by atoms with Gasteiger partial charge in [0.25, 0.3) is 11.5 Å². The number of anilines is 1. The van der Waals surface area contributed by atoms with E-state index in [-0.39, 0.29) is 11.5 Å². The summed E-state index contributed by atoms with van der Waals surface area (Å²) in [5, 5.41) is 3.18. The van der Waals surface area contributed by atoms with E-state index < -0.39 is 0 Å². The highest BCUT2D eigenvalue weighted by atomic mass is 35.5. The molecule has 0 aromatic carbocycles. The number of hydrogen-bond donors (Lipinski definition) is 2. The molecule has 0 saturated heterocycles. The van der Waals surface area contributed by atoms with Crippen molar-refractivity contribution in [1.29, 1.82) is 0 Å². The van der Waals surface area contributed by atoms with Crippen LogP contribution in [0, 0.1) is 0 Å². The van der Waals surface area contributed by atoms with Gasteiger partial charge in [-0.15, -0.1) is 0 Å². The highest BCUT2D eigenvalue weighted by molar-refractivity contribution is 6.31. The third kappa shape index (κ3) is 3.26. The number of rotatable bonds is 4. The second-order valence-electron chi connectivity index (χ2n) is 4.14. The van der Waals surface area contributed by atoms with E-state index >= 15 is 0 Å². The van der Waals surface area contributed by atoms with Gasteiger partial charge in [-0.3, -0.25) is 9.59 Å². The summed E-state index contributed by atoms with van der Waals surface area (Å²) in [5.74, 6) is -0.298. The number of hydrogen-bond acceptors (Lipinski definition) is 2. The van der Waals surface area contributed by atoms with Crippen molar-refractivity contribution in [3.8, 4) is 0 Å². The topological polar surface area (TPSA) is 66.9 Å². The molecule has 2 aromatic heterocycles. The van der Waals surface area contributed by atoms with Gasteiger partial charge in [0.15, 0.2) is 0 Å². The largest absolute Gasteiger partial charge is 0.356 e. The van der Waals surface area contributed by atoms with Crippen molar-refractivity contribution >= 4 is 23.2 Å². The van der Waals surface area contributed by atoms with Crippen molar-refractivity contribution in [2.45, 2.75) is 19.9 Å². The third-order valence-electron chi connectivity index (χ3n) is 2.60. The zero-order valence-corrected chi connectivity index (χ0v) is 11.2. The van der Waals surface area contributed by atoms with Gasteiger partial charge in [0.05, 0.1) is 10.7 Å². The van der Waals surface area contributed by atoms with Crippen molar-refractivity contribution in [1.82, 2.24) is 9.55 Å². The van der Waals surface area contributed by atoms with Crippen LogP contribution >= 0.6 is 11.6 Å². The molecule has 0 fully saturated rings. The van der Waals surface area contributed by atoms with Crippen LogP contribution in [0.5, 0.6) is 0 Å². The number of carbonyl (C=O) groups is 1. The van der Waals surface area contributed by atoms with E-state index in [1.807, 2.05) is 6.92 Å². The Labute approximate surface area is 115 Å². The van der Waals surface area contributed by atoms with Gasteiger partial charge in [-0.05, 0) is 18.6 Å². The molecule has 1 amide bonds. The second-order valence-corrected chi connectivity index (χ2v) is 4.57. The lowest BCUT2D eigenvalue weighted by Crippen LogP contribution is -2.20. The molecule has 2 N–H and O–H groups in total. The molecule has 0 radical (unpaired) electrons. The molecule has 0 spiro atoms. The first kappa shape index (κ1) is 13.4. The number of nitrogens with zero attached hydrogens (tertiary/aromatic N) is 1. The van der Waals surface area contributed by atoms with E-state index in [0.717, 1.165) is 6.42 Å². The van der Waals surface area contributed by atoms with Gasteiger partial charge < -0.3 is 14.9 Å². The molecule has 2 aromatic rings. The van der Waals surface area contributed by atoms with Gasteiger partial charge in [0.2, 0.25) is 0 Å². The Kier molecular flexibility index (Phi) is 4.06. The summed E-state index contributed by atoms with van der Waals surface area (Å²) < 4.78 is 1.57. The molecule has 0 unspecified atom stereocenters. The lowest BCUT2D eigenvalue weighted by molar-refractivity contribution is 0.102. The molecular formula is C13H14ClN3O2. The van der Waals surface area contributed by atoms with Gasteiger partial charge in [-0.2, -0.15) is 0 Å². The van der Waals surface area contributed by atoms with Crippen LogP contribution < -0.4 is 10.9 Å². The number of aromatic nitrogens is 2. The minimum absolute atomic E-state index is 0.0808. The van der Waals surface area contributed by atoms with Crippen LogP contribution in [0.2, 0.25) is 5.02 Å². The lowest BCUT2D eigenvalue weighted by Gasteiger charge is -2.07. The van der Waals surface area contributed by atoms with Gasteiger partial charge >= 0.3 is 0 Å². The molecule has 5 nitrogen and oxygen atoms in total. The maximum Gasteiger partial charge on any atom is 0.272 e. The third-order valence-corrected chi connectivity index (χ3v) is 2.82. The van der Waals surface area contributed by atoms with E-state index in [9.17, 15) is 9.59 Å². The van der Waals surface area contributed by atoms with Crippen molar-refractivity contribution in [3.05, 3.63) is 51.7 Å². The molecule has 19 heavy (non-hydrogen) atoms. The Hall–Kier alpha value is -2.01. The standard InChI is InChI=1S/C13H14ClN3O2/c1-2-5-17-8-10(3-4-12(17)18)16-13(19)11-6-9(14)7-15-11/h3-4,6-8,15H,2,5H2,1H3,(H,16,19). The molecule has 6 heteroatoms. The first-order valence-electron chi connectivity index (χ1n) is 5.96. The number of H-pyrrole nitrogens is 1. The average Bonchev–Trinajstić information content (AvgIpc) is 2.80. The first-order chi connectivity index (χ1) is 9.10. The van der Waals surface area contributed by atoms with Gasteiger partial charge in [0.1, 0.15) is 5.69 Å². The van der Waals surface area contributed by atoms with E-state index in [1.165, 1.54) is 12.3 Å². The van der Waals surface area contributed by atoms with Crippen LogP contribution in [0.4, 0.5) is 5.69 Å². The molecule has 2 heterocycles. The van der Waals surface area contributed by atoms with E-state index in [2.05, 4.69) is 10.3 Å². The predicted molar refractivity (Wildman–Crippen MR) is 74.7 cm³/mol. The van der Waals surface area contributed by atoms with Crippen molar-refractivity contribution in [2.75, 3.05) is 5.32 Å². The molecular weight excluding hydrogens is 266 g/mol. The Morgan fingerprint density at radius 1 is 1.47 bits per heavy atom. The highest BCUT2D eigenvalue weighted by Crippen LogP contribution is 2.12. The van der Waals surface area contributed by atoms with E-state index in [0.29, 0.717) is 22.9 Å². The Morgan fingerprint density at radius 2 is 2.26 bits per heavy atom. The smallest absolute Gasteiger partial charge is 0.272 e. The van der Waals surface area contributed by atoms with Crippen LogP contribution in [-0.4, -0.2) is 15.5 Å². The zero-order valence-electron chi connectivity index (χ0n) is 10.4. The fourth-order valence-corrected chi connectivity index (χ4v) is 1.88. The predicted octanol–water partition coefficient (Wildman–Crippen LogP) is 2.49. The summed E-state index contributed by atoms with van der Waals surface area (Å²) in [5.41, 5.74) is 0.866. The Bertz CT molecular complexity index is 645. The molecule has 0 aliphatic heterocycles. The monoisotopic (exact) mass is 279 g/mol. The Balaban J connectivity index is 2.17. The molecule has 0 bridgehead atoms.